The molecule has 0 saturated carbocycles. The third-order valence-corrected chi connectivity index (χ3v) is 6.49. The van der Waals surface area contributed by atoms with Gasteiger partial charge in [0.05, 0.1) is 23.2 Å². The summed E-state index contributed by atoms with van der Waals surface area (Å²) in [6.45, 7) is 3.73. The highest BCUT2D eigenvalue weighted by molar-refractivity contribution is 7.91. The minimum Gasteiger partial charge on any atom is -0.345 e. The Morgan fingerprint density at radius 2 is 2.29 bits per heavy atom. The van der Waals surface area contributed by atoms with Crippen LogP contribution in [0.4, 0.5) is 5.82 Å². The van der Waals surface area contributed by atoms with Gasteiger partial charge in [0.1, 0.15) is 22.5 Å². The fourth-order valence-electron chi connectivity index (χ4n) is 2.64. The number of hydrogen-bond donors (Lipinski definition) is 1. The molecule has 0 spiro atoms. The standard InChI is InChI=1S/C15H17N5O2S2/c1-10-5-14(20(19-10)13-3-4-24(21,22)9-13)17-7-12(6-16)15-18-11(2)8-23-15/h5,7-8,13,17H,3-4,9H2,1-2H3/b12-7+/t13-/m0/s1. The van der Waals surface area contributed by atoms with Crippen LogP contribution >= 0.6 is 11.3 Å². The third-order valence-electron chi connectivity index (χ3n) is 3.75. The van der Waals surface area contributed by atoms with E-state index >= 15 is 0 Å². The van der Waals surface area contributed by atoms with Gasteiger partial charge in [0, 0.05) is 23.3 Å². The number of nitrogens with zero attached hydrogens (tertiary/aromatic N) is 4. The first-order valence-corrected chi connectivity index (χ1v) is 10.1. The molecule has 0 unspecified atom stereocenters. The predicted octanol–water partition coefficient (Wildman–Crippen LogP) is 2.29. The fourth-order valence-corrected chi connectivity index (χ4v) is 5.09. The van der Waals surface area contributed by atoms with Gasteiger partial charge in [0.15, 0.2) is 9.84 Å². The van der Waals surface area contributed by atoms with Crippen molar-refractivity contribution in [2.75, 3.05) is 16.8 Å². The summed E-state index contributed by atoms with van der Waals surface area (Å²) in [6.07, 6.45) is 2.15. The lowest BCUT2D eigenvalue weighted by atomic mass is 10.3. The molecule has 0 amide bonds. The van der Waals surface area contributed by atoms with E-state index < -0.39 is 9.84 Å². The number of sulfone groups is 1. The molecule has 2 aromatic heterocycles. The van der Waals surface area contributed by atoms with Crippen LogP contribution in [0.25, 0.3) is 5.57 Å². The van der Waals surface area contributed by atoms with Crippen LogP contribution in [0.2, 0.25) is 0 Å². The molecule has 2 aromatic rings. The molecule has 3 rings (SSSR count). The molecule has 24 heavy (non-hydrogen) atoms. The highest BCUT2D eigenvalue weighted by Crippen LogP contribution is 2.27. The van der Waals surface area contributed by atoms with Crippen molar-refractivity contribution in [3.8, 4) is 6.07 Å². The van der Waals surface area contributed by atoms with Crippen LogP contribution in [0.15, 0.2) is 17.6 Å². The largest absolute Gasteiger partial charge is 0.345 e. The summed E-state index contributed by atoms with van der Waals surface area (Å²) in [4.78, 5) is 4.30. The minimum absolute atomic E-state index is 0.100. The molecule has 0 radical (unpaired) electrons. The van der Waals surface area contributed by atoms with Crippen LogP contribution in [0, 0.1) is 25.2 Å². The normalized spacial score (nSPS) is 20.0. The Morgan fingerprint density at radius 1 is 1.50 bits per heavy atom. The van der Waals surface area contributed by atoms with Gasteiger partial charge in [-0.2, -0.15) is 10.4 Å². The molecule has 7 nitrogen and oxygen atoms in total. The van der Waals surface area contributed by atoms with Crippen molar-refractivity contribution in [1.82, 2.24) is 14.8 Å². The van der Waals surface area contributed by atoms with E-state index in [-0.39, 0.29) is 17.5 Å². The maximum atomic E-state index is 11.7. The van der Waals surface area contributed by atoms with Crippen molar-refractivity contribution < 1.29 is 8.42 Å². The van der Waals surface area contributed by atoms with E-state index in [1.807, 2.05) is 25.3 Å². The highest BCUT2D eigenvalue weighted by Gasteiger charge is 2.31. The summed E-state index contributed by atoms with van der Waals surface area (Å²) < 4.78 is 25.1. The van der Waals surface area contributed by atoms with E-state index in [9.17, 15) is 13.7 Å². The van der Waals surface area contributed by atoms with Crippen LogP contribution in [0.1, 0.15) is 28.9 Å². The number of nitriles is 1. The number of anilines is 1. The molecule has 0 aliphatic carbocycles. The van der Waals surface area contributed by atoms with Crippen LogP contribution in [0.5, 0.6) is 0 Å². The second-order valence-electron chi connectivity index (χ2n) is 5.78. The number of aryl methyl sites for hydroxylation is 2. The number of allylic oxidation sites excluding steroid dienone is 1. The molecule has 1 aliphatic rings. The number of rotatable bonds is 4. The van der Waals surface area contributed by atoms with E-state index in [0.717, 1.165) is 11.4 Å². The quantitative estimate of drug-likeness (QED) is 0.837. The Morgan fingerprint density at radius 3 is 2.88 bits per heavy atom. The second kappa shape index (κ2) is 6.37. The molecule has 9 heteroatoms. The van der Waals surface area contributed by atoms with E-state index in [4.69, 9.17) is 0 Å². The highest BCUT2D eigenvalue weighted by atomic mass is 32.2. The van der Waals surface area contributed by atoms with Crippen LogP contribution in [0.3, 0.4) is 0 Å². The molecule has 0 aromatic carbocycles. The van der Waals surface area contributed by atoms with Crippen molar-refractivity contribution >= 4 is 32.6 Å². The third kappa shape index (κ3) is 3.49. The number of hydrogen-bond acceptors (Lipinski definition) is 7. The number of thiazole rings is 1. The lowest BCUT2D eigenvalue weighted by Gasteiger charge is -2.12. The van der Waals surface area contributed by atoms with Gasteiger partial charge in [0.2, 0.25) is 0 Å². The van der Waals surface area contributed by atoms with Crippen LogP contribution in [-0.4, -0.2) is 34.7 Å². The van der Waals surface area contributed by atoms with Gasteiger partial charge in [-0.15, -0.1) is 11.3 Å². The summed E-state index contributed by atoms with van der Waals surface area (Å²) in [5, 5.41) is 19.4. The Kier molecular flexibility index (Phi) is 4.43. The number of aromatic nitrogens is 3. The predicted molar refractivity (Wildman–Crippen MR) is 93.3 cm³/mol. The average Bonchev–Trinajstić information content (AvgIpc) is 3.19. The maximum Gasteiger partial charge on any atom is 0.152 e. The first-order valence-electron chi connectivity index (χ1n) is 7.44. The lowest BCUT2D eigenvalue weighted by molar-refractivity contribution is 0.503. The molecule has 3 heterocycles. The van der Waals surface area contributed by atoms with Gasteiger partial charge < -0.3 is 5.32 Å². The summed E-state index contributed by atoms with van der Waals surface area (Å²) in [7, 11) is -2.99. The Hall–Kier alpha value is -2.18. The van der Waals surface area contributed by atoms with Gasteiger partial charge in [-0.3, -0.25) is 0 Å². The minimum atomic E-state index is -2.99. The van der Waals surface area contributed by atoms with E-state index in [0.29, 0.717) is 22.8 Å². The molecule has 126 valence electrons. The van der Waals surface area contributed by atoms with E-state index in [1.165, 1.54) is 11.3 Å². The van der Waals surface area contributed by atoms with Crippen LogP contribution < -0.4 is 5.32 Å². The average molecular weight is 363 g/mol. The van der Waals surface area contributed by atoms with Crippen molar-refractivity contribution in [3.63, 3.8) is 0 Å². The summed E-state index contributed by atoms with van der Waals surface area (Å²) in [5.41, 5.74) is 2.09. The maximum absolute atomic E-state index is 11.7. The van der Waals surface area contributed by atoms with Crippen LogP contribution in [-0.2, 0) is 9.84 Å². The van der Waals surface area contributed by atoms with Gasteiger partial charge in [0.25, 0.3) is 0 Å². The van der Waals surface area contributed by atoms with Crippen molar-refractivity contribution in [2.45, 2.75) is 26.3 Å². The van der Waals surface area contributed by atoms with E-state index in [1.54, 1.807) is 10.9 Å². The molecular weight excluding hydrogens is 346 g/mol. The Labute approximate surface area is 144 Å². The lowest BCUT2D eigenvalue weighted by Crippen LogP contribution is -2.14. The molecule has 1 saturated heterocycles. The molecular formula is C15H17N5O2S2. The Bertz CT molecular complexity index is 933. The van der Waals surface area contributed by atoms with Gasteiger partial charge in [-0.1, -0.05) is 0 Å². The number of nitrogens with one attached hydrogen (secondary N) is 1. The molecule has 0 bridgehead atoms. The van der Waals surface area contributed by atoms with Crippen molar-refractivity contribution in [1.29, 1.82) is 5.26 Å². The summed E-state index contributed by atoms with van der Waals surface area (Å²) in [6, 6.07) is 3.79. The Balaban J connectivity index is 1.86. The second-order valence-corrected chi connectivity index (χ2v) is 8.87. The van der Waals surface area contributed by atoms with Gasteiger partial charge in [-0.05, 0) is 20.3 Å². The van der Waals surface area contributed by atoms with E-state index in [2.05, 4.69) is 21.5 Å². The zero-order chi connectivity index (χ0) is 17.3. The van der Waals surface area contributed by atoms with Gasteiger partial charge in [-0.25, -0.2) is 18.1 Å². The fraction of sp³-hybridized carbons (Fsp3) is 0.400. The monoisotopic (exact) mass is 363 g/mol. The zero-order valence-corrected chi connectivity index (χ0v) is 15.0. The van der Waals surface area contributed by atoms with Crippen molar-refractivity contribution in [2.24, 2.45) is 0 Å². The summed E-state index contributed by atoms with van der Waals surface area (Å²) >= 11 is 1.41. The first kappa shape index (κ1) is 16.7. The molecule has 1 atom stereocenters. The smallest absolute Gasteiger partial charge is 0.152 e. The SMILES string of the molecule is Cc1csc(/C(C#N)=C/Nc2cc(C)nn2[C@H]2CCS(=O)(=O)C2)n1. The topological polar surface area (TPSA) is 101 Å². The molecule has 1 aliphatic heterocycles. The van der Waals surface area contributed by atoms with Crippen molar-refractivity contribution in [3.05, 3.63) is 34.0 Å². The summed E-state index contributed by atoms with van der Waals surface area (Å²) in [5.74, 6) is 0.965. The molecule has 1 fully saturated rings. The van der Waals surface area contributed by atoms with Gasteiger partial charge >= 0.3 is 0 Å². The zero-order valence-electron chi connectivity index (χ0n) is 13.4. The first-order chi connectivity index (χ1) is 11.4. The molecule has 1 N–H and O–H groups in total.